The number of alkyl halides is 1. The average molecular weight is 250 g/mol. The zero-order chi connectivity index (χ0) is 9.14. The molecule has 0 radical (unpaired) electrons. The molecule has 0 fully saturated rings. The highest BCUT2D eigenvalue weighted by Crippen LogP contribution is 2.26. The fourth-order valence-electron chi connectivity index (χ4n) is 1.01. The van der Waals surface area contributed by atoms with Crippen LogP contribution in [0.25, 0.3) is 0 Å². The minimum absolute atomic E-state index is 0.510. The molecule has 0 heterocycles. The molecule has 1 nitrogen and oxygen atoms in total. The molecule has 12 heavy (non-hydrogen) atoms. The summed E-state index contributed by atoms with van der Waals surface area (Å²) in [5, 5.41) is 10.7. The largest absolute Gasteiger partial charge is 0.387 e. The Balaban J connectivity index is 3.07. The number of aliphatic hydroxyl groups is 1. The molecule has 1 N–H and O–H groups in total. The Morgan fingerprint density at radius 2 is 2.25 bits per heavy atom. The van der Waals surface area contributed by atoms with Crippen molar-refractivity contribution >= 4 is 27.5 Å². The molecule has 66 valence electrons. The molecule has 0 aliphatic rings. The standard InChI is InChI=1S/C9H10BrClO/c1-6-3-2-4-7(9(6)11)8(12)5-10/h2-4,8,12H,5H2,1H3. The van der Waals surface area contributed by atoms with E-state index in [2.05, 4.69) is 15.9 Å². The number of hydrogen-bond acceptors (Lipinski definition) is 1. The van der Waals surface area contributed by atoms with Gasteiger partial charge < -0.3 is 5.11 Å². The number of aryl methyl sites for hydroxylation is 1. The lowest BCUT2D eigenvalue weighted by Gasteiger charge is -2.10. The first-order valence-corrected chi connectivity index (χ1v) is 5.15. The number of aliphatic hydroxyl groups excluding tert-OH is 1. The topological polar surface area (TPSA) is 20.2 Å². The van der Waals surface area contributed by atoms with Crippen molar-refractivity contribution in [1.82, 2.24) is 0 Å². The minimum Gasteiger partial charge on any atom is -0.387 e. The second-order valence-electron chi connectivity index (χ2n) is 2.65. The van der Waals surface area contributed by atoms with E-state index in [1.165, 1.54) is 0 Å². The third kappa shape index (κ3) is 2.00. The molecule has 0 aromatic heterocycles. The van der Waals surface area contributed by atoms with E-state index in [4.69, 9.17) is 11.6 Å². The molecule has 1 aromatic rings. The van der Waals surface area contributed by atoms with Crippen LogP contribution < -0.4 is 0 Å². The van der Waals surface area contributed by atoms with Crippen LogP contribution in [-0.4, -0.2) is 10.4 Å². The maximum atomic E-state index is 9.50. The van der Waals surface area contributed by atoms with Gasteiger partial charge in [0.25, 0.3) is 0 Å². The maximum absolute atomic E-state index is 9.50. The van der Waals surface area contributed by atoms with Gasteiger partial charge in [-0.3, -0.25) is 0 Å². The molecular formula is C9H10BrClO. The van der Waals surface area contributed by atoms with Crippen LogP contribution in [0.4, 0.5) is 0 Å². The van der Waals surface area contributed by atoms with Gasteiger partial charge in [0.1, 0.15) is 0 Å². The molecule has 0 saturated heterocycles. The zero-order valence-electron chi connectivity index (χ0n) is 6.72. The van der Waals surface area contributed by atoms with Crippen molar-refractivity contribution in [2.24, 2.45) is 0 Å². The van der Waals surface area contributed by atoms with Crippen molar-refractivity contribution in [1.29, 1.82) is 0 Å². The van der Waals surface area contributed by atoms with Crippen LogP contribution in [0.5, 0.6) is 0 Å². The number of benzene rings is 1. The van der Waals surface area contributed by atoms with Crippen molar-refractivity contribution in [3.05, 3.63) is 34.3 Å². The van der Waals surface area contributed by atoms with Crippen LogP contribution in [-0.2, 0) is 0 Å². The first-order valence-electron chi connectivity index (χ1n) is 3.66. The van der Waals surface area contributed by atoms with E-state index in [0.29, 0.717) is 10.4 Å². The summed E-state index contributed by atoms with van der Waals surface area (Å²) in [4.78, 5) is 0. The Morgan fingerprint density at radius 1 is 1.58 bits per heavy atom. The second kappa shape index (κ2) is 4.26. The highest BCUT2D eigenvalue weighted by Gasteiger charge is 2.10. The summed E-state index contributed by atoms with van der Waals surface area (Å²) in [6.45, 7) is 1.92. The van der Waals surface area contributed by atoms with E-state index in [9.17, 15) is 5.11 Å². The average Bonchev–Trinajstić information content (AvgIpc) is 2.08. The lowest BCUT2D eigenvalue weighted by molar-refractivity contribution is 0.205. The Hall–Kier alpha value is -0.0500. The van der Waals surface area contributed by atoms with Crippen LogP contribution in [0.3, 0.4) is 0 Å². The van der Waals surface area contributed by atoms with E-state index in [0.717, 1.165) is 11.1 Å². The van der Waals surface area contributed by atoms with Crippen LogP contribution in [0.15, 0.2) is 18.2 Å². The molecule has 0 bridgehead atoms. The summed E-state index contributed by atoms with van der Waals surface area (Å²) in [5.41, 5.74) is 1.78. The van der Waals surface area contributed by atoms with Crippen molar-refractivity contribution in [2.45, 2.75) is 13.0 Å². The summed E-state index contributed by atoms with van der Waals surface area (Å²) in [6.07, 6.45) is -0.516. The van der Waals surface area contributed by atoms with E-state index in [1.807, 2.05) is 25.1 Å². The minimum atomic E-state index is -0.516. The summed E-state index contributed by atoms with van der Waals surface area (Å²) in [6, 6.07) is 5.65. The molecule has 0 amide bonds. The van der Waals surface area contributed by atoms with Crippen LogP contribution in [0.2, 0.25) is 5.02 Å². The fraction of sp³-hybridized carbons (Fsp3) is 0.333. The van der Waals surface area contributed by atoms with Gasteiger partial charge in [0.05, 0.1) is 6.10 Å². The molecule has 1 rings (SSSR count). The normalized spacial score (nSPS) is 13.0. The molecule has 1 atom stereocenters. The van der Waals surface area contributed by atoms with Gasteiger partial charge in [-0.2, -0.15) is 0 Å². The van der Waals surface area contributed by atoms with Crippen molar-refractivity contribution in [2.75, 3.05) is 5.33 Å². The first-order chi connectivity index (χ1) is 5.66. The maximum Gasteiger partial charge on any atom is 0.0901 e. The van der Waals surface area contributed by atoms with Crippen LogP contribution in [0, 0.1) is 6.92 Å². The van der Waals surface area contributed by atoms with Crippen molar-refractivity contribution in [3.63, 3.8) is 0 Å². The lowest BCUT2D eigenvalue weighted by atomic mass is 10.1. The van der Waals surface area contributed by atoms with Gasteiger partial charge in [-0.15, -0.1) is 0 Å². The van der Waals surface area contributed by atoms with E-state index in [1.54, 1.807) is 0 Å². The third-order valence-electron chi connectivity index (χ3n) is 1.73. The SMILES string of the molecule is Cc1cccc(C(O)CBr)c1Cl. The predicted molar refractivity (Wildman–Crippen MR) is 54.9 cm³/mol. The lowest BCUT2D eigenvalue weighted by Crippen LogP contribution is -1.99. The van der Waals surface area contributed by atoms with Crippen LogP contribution in [0.1, 0.15) is 17.2 Å². The van der Waals surface area contributed by atoms with Crippen molar-refractivity contribution in [3.8, 4) is 0 Å². The number of hydrogen-bond donors (Lipinski definition) is 1. The molecular weight excluding hydrogens is 239 g/mol. The van der Waals surface area contributed by atoms with E-state index in [-0.39, 0.29) is 0 Å². The van der Waals surface area contributed by atoms with Crippen molar-refractivity contribution < 1.29 is 5.11 Å². The fourth-order valence-corrected chi connectivity index (χ4v) is 1.61. The summed E-state index contributed by atoms with van der Waals surface area (Å²) in [5.74, 6) is 0. The molecule has 1 unspecified atom stereocenters. The molecule has 0 saturated carbocycles. The quantitative estimate of drug-likeness (QED) is 0.799. The Morgan fingerprint density at radius 3 is 2.83 bits per heavy atom. The highest BCUT2D eigenvalue weighted by molar-refractivity contribution is 9.09. The molecule has 1 aromatic carbocycles. The third-order valence-corrected chi connectivity index (χ3v) is 2.86. The van der Waals surface area contributed by atoms with Crippen LogP contribution >= 0.6 is 27.5 Å². The van der Waals surface area contributed by atoms with Gasteiger partial charge in [0.15, 0.2) is 0 Å². The number of rotatable bonds is 2. The van der Waals surface area contributed by atoms with Gasteiger partial charge in [-0.1, -0.05) is 45.7 Å². The Kier molecular flexibility index (Phi) is 3.56. The first kappa shape index (κ1) is 10.0. The van der Waals surface area contributed by atoms with Gasteiger partial charge in [-0.05, 0) is 12.5 Å². The van der Waals surface area contributed by atoms with Gasteiger partial charge in [0, 0.05) is 15.9 Å². The second-order valence-corrected chi connectivity index (χ2v) is 3.67. The smallest absolute Gasteiger partial charge is 0.0901 e. The van der Waals surface area contributed by atoms with E-state index >= 15 is 0 Å². The summed E-state index contributed by atoms with van der Waals surface area (Å²) in [7, 11) is 0. The molecule has 0 spiro atoms. The summed E-state index contributed by atoms with van der Waals surface area (Å²) >= 11 is 9.19. The Bertz CT molecular complexity index is 275. The van der Waals surface area contributed by atoms with E-state index < -0.39 is 6.10 Å². The monoisotopic (exact) mass is 248 g/mol. The van der Waals surface area contributed by atoms with Gasteiger partial charge >= 0.3 is 0 Å². The number of halogens is 2. The predicted octanol–water partition coefficient (Wildman–Crippen LogP) is 3.08. The molecule has 3 heteroatoms. The molecule has 0 aliphatic heterocycles. The van der Waals surface area contributed by atoms with Gasteiger partial charge in [-0.25, -0.2) is 0 Å². The zero-order valence-corrected chi connectivity index (χ0v) is 9.06. The highest BCUT2D eigenvalue weighted by atomic mass is 79.9. The molecule has 0 aliphatic carbocycles. The van der Waals surface area contributed by atoms with Gasteiger partial charge in [0.2, 0.25) is 0 Å². The summed E-state index contributed by atoms with van der Waals surface area (Å²) < 4.78 is 0. The Labute approximate surface area is 85.5 Å².